The molecule has 6 nitrogen and oxygen atoms in total. The quantitative estimate of drug-likeness (QED) is 0.854. The molecule has 2 unspecified atom stereocenters. The minimum atomic E-state index is -0.113. The van der Waals surface area contributed by atoms with Crippen LogP contribution in [0.2, 0.25) is 0 Å². The van der Waals surface area contributed by atoms with Crippen molar-refractivity contribution in [1.82, 2.24) is 15.0 Å². The summed E-state index contributed by atoms with van der Waals surface area (Å²) in [6, 6.07) is 0.301. The van der Waals surface area contributed by atoms with Gasteiger partial charge in [-0.15, -0.1) is 0 Å². The lowest BCUT2D eigenvalue weighted by Crippen LogP contribution is -2.49. The molecule has 1 N–H and O–H groups in total. The van der Waals surface area contributed by atoms with Gasteiger partial charge in [0.25, 0.3) is 0 Å². The van der Waals surface area contributed by atoms with Crippen molar-refractivity contribution in [1.29, 1.82) is 0 Å². The van der Waals surface area contributed by atoms with Crippen LogP contribution in [0.25, 0.3) is 0 Å². The molecular formula is C13H23N3O3. The molecule has 0 spiro atoms. The van der Waals surface area contributed by atoms with Crippen molar-refractivity contribution < 1.29 is 14.4 Å². The van der Waals surface area contributed by atoms with Crippen molar-refractivity contribution in [3.05, 3.63) is 11.7 Å². The second-order valence-corrected chi connectivity index (χ2v) is 5.62. The largest absolute Gasteiger partial charge is 0.394 e. The van der Waals surface area contributed by atoms with Crippen molar-refractivity contribution in [3.63, 3.8) is 0 Å². The molecule has 1 saturated heterocycles. The number of hydrogen-bond donors (Lipinski definition) is 1. The zero-order chi connectivity index (χ0) is 13.8. The Morgan fingerprint density at radius 2 is 2.26 bits per heavy atom. The monoisotopic (exact) mass is 269 g/mol. The summed E-state index contributed by atoms with van der Waals surface area (Å²) in [5.74, 6) is 1.92. The minimum absolute atomic E-state index is 0.0497. The smallest absolute Gasteiger partial charge is 0.226 e. The molecule has 0 radical (unpaired) electrons. The molecule has 0 saturated carbocycles. The summed E-state index contributed by atoms with van der Waals surface area (Å²) in [5.41, 5.74) is 0. The van der Waals surface area contributed by atoms with Gasteiger partial charge in [0.05, 0.1) is 25.9 Å². The van der Waals surface area contributed by atoms with Crippen LogP contribution in [0.5, 0.6) is 0 Å². The summed E-state index contributed by atoms with van der Waals surface area (Å²) in [6.07, 6.45) is 0.698. The van der Waals surface area contributed by atoms with Crippen molar-refractivity contribution in [2.24, 2.45) is 5.92 Å². The van der Waals surface area contributed by atoms with Crippen LogP contribution >= 0.6 is 0 Å². The predicted molar refractivity (Wildman–Crippen MR) is 69.5 cm³/mol. The highest BCUT2D eigenvalue weighted by Crippen LogP contribution is 2.14. The number of aliphatic hydroxyl groups is 1. The van der Waals surface area contributed by atoms with Crippen molar-refractivity contribution >= 4 is 0 Å². The molecule has 1 aromatic heterocycles. The summed E-state index contributed by atoms with van der Waals surface area (Å²) >= 11 is 0. The average molecular weight is 269 g/mol. The van der Waals surface area contributed by atoms with Gasteiger partial charge in [0, 0.05) is 19.0 Å². The van der Waals surface area contributed by atoms with Crippen LogP contribution in [0.3, 0.4) is 0 Å². The number of hydrogen-bond acceptors (Lipinski definition) is 6. The molecule has 2 atom stereocenters. The lowest BCUT2D eigenvalue weighted by molar-refractivity contribution is -0.0813. The van der Waals surface area contributed by atoms with Gasteiger partial charge in [-0.2, -0.15) is 4.98 Å². The molecule has 108 valence electrons. The van der Waals surface area contributed by atoms with Crippen LogP contribution in [0, 0.1) is 5.92 Å². The van der Waals surface area contributed by atoms with Gasteiger partial charge < -0.3 is 14.4 Å². The van der Waals surface area contributed by atoms with E-state index in [2.05, 4.69) is 35.8 Å². The van der Waals surface area contributed by atoms with Crippen LogP contribution in [-0.4, -0.2) is 52.1 Å². The van der Waals surface area contributed by atoms with E-state index in [1.54, 1.807) is 0 Å². The van der Waals surface area contributed by atoms with Crippen molar-refractivity contribution in [2.45, 2.75) is 45.9 Å². The summed E-state index contributed by atoms with van der Waals surface area (Å²) in [4.78, 5) is 6.62. The maximum Gasteiger partial charge on any atom is 0.226 e. The van der Waals surface area contributed by atoms with Crippen LogP contribution in [0.4, 0.5) is 0 Å². The Labute approximate surface area is 113 Å². The van der Waals surface area contributed by atoms with Gasteiger partial charge in [-0.05, 0) is 12.8 Å². The molecule has 1 aromatic rings. The number of rotatable bonds is 5. The normalized spacial score (nSPS) is 25.1. The summed E-state index contributed by atoms with van der Waals surface area (Å²) in [6.45, 7) is 8.37. The zero-order valence-corrected chi connectivity index (χ0v) is 11.9. The Balaban J connectivity index is 1.93. The molecule has 1 fully saturated rings. The molecule has 19 heavy (non-hydrogen) atoms. The van der Waals surface area contributed by atoms with Gasteiger partial charge >= 0.3 is 0 Å². The van der Waals surface area contributed by atoms with E-state index in [4.69, 9.17) is 14.4 Å². The van der Waals surface area contributed by atoms with E-state index in [0.29, 0.717) is 43.4 Å². The minimum Gasteiger partial charge on any atom is -0.394 e. The lowest BCUT2D eigenvalue weighted by Gasteiger charge is -2.36. The Morgan fingerprint density at radius 3 is 2.95 bits per heavy atom. The van der Waals surface area contributed by atoms with E-state index in [1.165, 1.54) is 0 Å². The standard InChI is InChI=1S/C13H23N3O3/c1-9(2)4-13-14-12(15-19-13)6-16-5-11(7-17)18-8-10(16)3/h9-11,17H,4-8H2,1-3H3. The summed E-state index contributed by atoms with van der Waals surface area (Å²) < 4.78 is 10.7. The van der Waals surface area contributed by atoms with E-state index in [0.717, 1.165) is 6.42 Å². The SMILES string of the molecule is CC(C)Cc1nc(CN2CC(CO)OCC2C)no1. The highest BCUT2D eigenvalue weighted by atomic mass is 16.5. The molecule has 0 amide bonds. The Morgan fingerprint density at radius 1 is 1.47 bits per heavy atom. The third-order valence-corrected chi connectivity index (χ3v) is 3.28. The van der Waals surface area contributed by atoms with Gasteiger partial charge in [0.1, 0.15) is 0 Å². The van der Waals surface area contributed by atoms with Crippen LogP contribution in [0.1, 0.15) is 32.5 Å². The fourth-order valence-electron chi connectivity index (χ4n) is 2.17. The van der Waals surface area contributed by atoms with E-state index in [9.17, 15) is 0 Å². The van der Waals surface area contributed by atoms with Gasteiger partial charge in [-0.1, -0.05) is 19.0 Å². The van der Waals surface area contributed by atoms with Gasteiger partial charge in [-0.3, -0.25) is 4.90 Å². The molecule has 0 bridgehead atoms. The zero-order valence-electron chi connectivity index (χ0n) is 11.9. The van der Waals surface area contributed by atoms with E-state index >= 15 is 0 Å². The first-order chi connectivity index (χ1) is 9.08. The topological polar surface area (TPSA) is 71.6 Å². The molecule has 0 aliphatic carbocycles. The number of ether oxygens (including phenoxy) is 1. The van der Waals surface area contributed by atoms with Gasteiger partial charge in [-0.25, -0.2) is 0 Å². The molecule has 2 heterocycles. The van der Waals surface area contributed by atoms with Gasteiger partial charge in [0.15, 0.2) is 5.82 Å². The van der Waals surface area contributed by atoms with E-state index < -0.39 is 0 Å². The van der Waals surface area contributed by atoms with E-state index in [1.807, 2.05) is 0 Å². The number of aliphatic hydroxyl groups excluding tert-OH is 1. The molecular weight excluding hydrogens is 246 g/mol. The molecule has 1 aliphatic heterocycles. The molecule has 6 heteroatoms. The molecule has 0 aromatic carbocycles. The second kappa shape index (κ2) is 6.45. The first-order valence-electron chi connectivity index (χ1n) is 6.86. The Kier molecular flexibility index (Phi) is 4.90. The fourth-order valence-corrected chi connectivity index (χ4v) is 2.17. The predicted octanol–water partition coefficient (Wildman–Crippen LogP) is 0.850. The van der Waals surface area contributed by atoms with E-state index in [-0.39, 0.29) is 12.7 Å². The maximum absolute atomic E-state index is 9.16. The maximum atomic E-state index is 9.16. The second-order valence-electron chi connectivity index (χ2n) is 5.62. The van der Waals surface area contributed by atoms with Crippen LogP contribution in [-0.2, 0) is 17.7 Å². The highest BCUT2D eigenvalue weighted by molar-refractivity contribution is 4.89. The number of nitrogens with zero attached hydrogens (tertiary/aromatic N) is 3. The summed E-state index contributed by atoms with van der Waals surface area (Å²) in [5, 5.41) is 13.2. The molecule has 2 rings (SSSR count). The molecule has 1 aliphatic rings. The number of morpholine rings is 1. The van der Waals surface area contributed by atoms with Crippen molar-refractivity contribution in [2.75, 3.05) is 19.8 Å². The average Bonchev–Trinajstić information content (AvgIpc) is 2.78. The number of aromatic nitrogens is 2. The first kappa shape index (κ1) is 14.4. The highest BCUT2D eigenvalue weighted by Gasteiger charge is 2.26. The van der Waals surface area contributed by atoms with Crippen LogP contribution < -0.4 is 0 Å². The third kappa shape index (κ3) is 3.99. The fraction of sp³-hybridized carbons (Fsp3) is 0.846. The summed E-state index contributed by atoms with van der Waals surface area (Å²) in [7, 11) is 0. The first-order valence-corrected chi connectivity index (χ1v) is 6.86. The van der Waals surface area contributed by atoms with Crippen LogP contribution in [0.15, 0.2) is 4.52 Å². The Hall–Kier alpha value is -0.980. The Bertz CT molecular complexity index is 394. The third-order valence-electron chi connectivity index (χ3n) is 3.28. The van der Waals surface area contributed by atoms with Crippen molar-refractivity contribution in [3.8, 4) is 0 Å². The lowest BCUT2D eigenvalue weighted by atomic mass is 10.1. The van der Waals surface area contributed by atoms with Gasteiger partial charge in [0.2, 0.25) is 5.89 Å².